The number of hydrogen-bond donors (Lipinski definition) is 1. The third kappa shape index (κ3) is 3.50. The summed E-state index contributed by atoms with van der Waals surface area (Å²) in [6, 6.07) is 1.91. The summed E-state index contributed by atoms with van der Waals surface area (Å²) >= 11 is 0. The monoisotopic (exact) mass is 169 g/mol. The molecule has 0 aromatic carbocycles. The number of nitrogens with one attached hydrogen (secondary N) is 1. The van der Waals surface area contributed by atoms with Crippen LogP contribution in [0.3, 0.4) is 0 Å². The number of nitrogens with zero attached hydrogens (tertiary/aromatic N) is 2. The molecule has 4 nitrogen and oxygen atoms in total. The van der Waals surface area contributed by atoms with Crippen molar-refractivity contribution in [2.24, 2.45) is 0 Å². The highest BCUT2D eigenvalue weighted by Crippen LogP contribution is 1.84. The molecule has 0 radical (unpaired) electrons. The minimum atomic E-state index is 0.726. The summed E-state index contributed by atoms with van der Waals surface area (Å²) in [5.74, 6) is 0. The maximum Gasteiger partial charge on any atom is 0.0663 e. The molecular weight excluding hydrogens is 154 g/mol. The maximum atomic E-state index is 5.32. The van der Waals surface area contributed by atoms with E-state index in [-0.39, 0.29) is 0 Å². The van der Waals surface area contributed by atoms with Crippen LogP contribution >= 0.6 is 0 Å². The topological polar surface area (TPSA) is 39.1 Å². The maximum absolute atomic E-state index is 5.32. The molecule has 0 bridgehead atoms. The van der Waals surface area contributed by atoms with Gasteiger partial charge in [-0.05, 0) is 13.1 Å². The Morgan fingerprint density at radius 3 is 3.08 bits per heavy atom. The molecule has 0 atom stereocenters. The lowest BCUT2D eigenvalue weighted by molar-refractivity contribution is 0.127. The van der Waals surface area contributed by atoms with Gasteiger partial charge in [0.1, 0.15) is 0 Å². The van der Waals surface area contributed by atoms with Crippen LogP contribution in [0.5, 0.6) is 0 Å². The molecule has 4 heteroatoms. The van der Waals surface area contributed by atoms with Gasteiger partial charge in [0.25, 0.3) is 0 Å². The summed E-state index contributed by atoms with van der Waals surface area (Å²) < 4.78 is 7.18. The first kappa shape index (κ1) is 9.22. The molecule has 0 unspecified atom stereocenters. The van der Waals surface area contributed by atoms with Gasteiger partial charge in [0.2, 0.25) is 0 Å². The van der Waals surface area contributed by atoms with E-state index in [1.807, 2.05) is 24.0 Å². The van der Waals surface area contributed by atoms with Crippen LogP contribution < -0.4 is 5.32 Å². The molecule has 0 aliphatic heterocycles. The molecule has 68 valence electrons. The average Bonchev–Trinajstić information content (AvgIpc) is 2.57. The van der Waals surface area contributed by atoms with Gasteiger partial charge in [-0.25, -0.2) is 0 Å². The van der Waals surface area contributed by atoms with Crippen LogP contribution in [0.1, 0.15) is 0 Å². The van der Waals surface area contributed by atoms with Gasteiger partial charge in [-0.1, -0.05) is 0 Å². The van der Waals surface area contributed by atoms with Crippen molar-refractivity contribution in [3.05, 3.63) is 18.5 Å². The van der Waals surface area contributed by atoms with E-state index in [1.54, 1.807) is 6.20 Å². The van der Waals surface area contributed by atoms with Crippen LogP contribution in [0, 0.1) is 0 Å². The minimum Gasteiger partial charge on any atom is -0.378 e. The Hall–Kier alpha value is -0.870. The predicted octanol–water partition coefficient (Wildman–Crippen LogP) is 0.119. The van der Waals surface area contributed by atoms with Crippen molar-refractivity contribution in [3.8, 4) is 0 Å². The second-order valence-corrected chi connectivity index (χ2v) is 2.49. The highest BCUT2D eigenvalue weighted by atomic mass is 16.5. The van der Waals surface area contributed by atoms with Gasteiger partial charge < -0.3 is 10.1 Å². The van der Waals surface area contributed by atoms with Crippen molar-refractivity contribution < 1.29 is 4.74 Å². The van der Waals surface area contributed by atoms with Crippen molar-refractivity contribution in [2.45, 2.75) is 6.54 Å². The SMILES string of the molecule is CNCCOCCn1cccn1. The van der Waals surface area contributed by atoms with Gasteiger partial charge in [0.05, 0.1) is 19.8 Å². The zero-order chi connectivity index (χ0) is 8.65. The number of rotatable bonds is 6. The molecule has 0 spiro atoms. The molecule has 1 aromatic rings. The summed E-state index contributed by atoms with van der Waals surface area (Å²) in [6.45, 7) is 3.22. The summed E-state index contributed by atoms with van der Waals surface area (Å²) in [6.07, 6.45) is 3.70. The molecule has 1 N–H and O–H groups in total. The van der Waals surface area contributed by atoms with E-state index < -0.39 is 0 Å². The van der Waals surface area contributed by atoms with Crippen LogP contribution in [-0.2, 0) is 11.3 Å². The predicted molar refractivity (Wildman–Crippen MR) is 47.0 cm³/mol. The van der Waals surface area contributed by atoms with E-state index in [4.69, 9.17) is 4.74 Å². The number of hydrogen-bond acceptors (Lipinski definition) is 3. The Morgan fingerprint density at radius 2 is 2.42 bits per heavy atom. The van der Waals surface area contributed by atoms with Gasteiger partial charge in [0.15, 0.2) is 0 Å². The highest BCUT2D eigenvalue weighted by molar-refractivity contribution is 4.77. The Balaban J connectivity index is 1.96. The minimum absolute atomic E-state index is 0.726. The van der Waals surface area contributed by atoms with Crippen LogP contribution in [0.25, 0.3) is 0 Å². The number of ether oxygens (including phenoxy) is 1. The smallest absolute Gasteiger partial charge is 0.0663 e. The third-order valence-corrected chi connectivity index (χ3v) is 1.52. The van der Waals surface area contributed by atoms with Crippen molar-refractivity contribution >= 4 is 0 Å². The molecule has 0 aliphatic rings. The van der Waals surface area contributed by atoms with E-state index in [2.05, 4.69) is 10.4 Å². The first-order chi connectivity index (χ1) is 5.93. The van der Waals surface area contributed by atoms with Crippen LogP contribution in [-0.4, -0.2) is 36.6 Å². The van der Waals surface area contributed by atoms with Crippen molar-refractivity contribution in [3.63, 3.8) is 0 Å². The zero-order valence-corrected chi connectivity index (χ0v) is 7.36. The third-order valence-electron chi connectivity index (χ3n) is 1.52. The molecule has 0 aliphatic carbocycles. The lowest BCUT2D eigenvalue weighted by Gasteiger charge is -2.03. The summed E-state index contributed by atoms with van der Waals surface area (Å²) in [7, 11) is 1.91. The van der Waals surface area contributed by atoms with Crippen LogP contribution in [0.2, 0.25) is 0 Å². The summed E-state index contributed by atoms with van der Waals surface area (Å²) in [5.41, 5.74) is 0. The molecule has 0 saturated carbocycles. The van der Waals surface area contributed by atoms with E-state index in [9.17, 15) is 0 Å². The Morgan fingerprint density at radius 1 is 1.50 bits per heavy atom. The fourth-order valence-electron chi connectivity index (χ4n) is 0.867. The van der Waals surface area contributed by atoms with Crippen molar-refractivity contribution in [2.75, 3.05) is 26.8 Å². The zero-order valence-electron chi connectivity index (χ0n) is 7.36. The first-order valence-electron chi connectivity index (χ1n) is 4.13. The van der Waals surface area contributed by atoms with E-state index in [1.165, 1.54) is 0 Å². The van der Waals surface area contributed by atoms with Gasteiger partial charge in [-0.3, -0.25) is 4.68 Å². The summed E-state index contributed by atoms with van der Waals surface area (Å²) in [5, 5.41) is 7.07. The van der Waals surface area contributed by atoms with E-state index in [0.29, 0.717) is 0 Å². The molecular formula is C8H15N3O. The second kappa shape index (κ2) is 5.74. The molecule has 0 amide bonds. The van der Waals surface area contributed by atoms with Gasteiger partial charge >= 0.3 is 0 Å². The Bertz CT molecular complexity index is 186. The van der Waals surface area contributed by atoms with Crippen LogP contribution in [0.4, 0.5) is 0 Å². The van der Waals surface area contributed by atoms with Gasteiger partial charge in [-0.15, -0.1) is 0 Å². The standard InChI is InChI=1S/C8H15N3O/c1-9-4-7-12-8-6-11-5-2-3-10-11/h2-3,5,9H,4,6-8H2,1H3. The first-order valence-corrected chi connectivity index (χ1v) is 4.13. The number of aromatic nitrogens is 2. The van der Waals surface area contributed by atoms with E-state index >= 15 is 0 Å². The highest BCUT2D eigenvalue weighted by Gasteiger charge is 1.89. The largest absolute Gasteiger partial charge is 0.378 e. The molecule has 0 fully saturated rings. The fraction of sp³-hybridized carbons (Fsp3) is 0.625. The fourth-order valence-corrected chi connectivity index (χ4v) is 0.867. The average molecular weight is 169 g/mol. The lowest BCUT2D eigenvalue weighted by atomic mass is 10.6. The van der Waals surface area contributed by atoms with Crippen molar-refractivity contribution in [1.29, 1.82) is 0 Å². The molecule has 0 saturated heterocycles. The molecule has 1 rings (SSSR count). The van der Waals surface area contributed by atoms with Crippen molar-refractivity contribution in [1.82, 2.24) is 15.1 Å². The Kier molecular flexibility index (Phi) is 4.41. The normalized spacial score (nSPS) is 10.4. The Labute approximate surface area is 72.5 Å². The van der Waals surface area contributed by atoms with Gasteiger partial charge in [0, 0.05) is 18.9 Å². The quantitative estimate of drug-likeness (QED) is 0.615. The van der Waals surface area contributed by atoms with Crippen LogP contribution in [0.15, 0.2) is 18.5 Å². The number of likely N-dealkylation sites (N-methyl/N-ethyl adjacent to an activating group) is 1. The molecule has 1 heterocycles. The van der Waals surface area contributed by atoms with Gasteiger partial charge in [-0.2, -0.15) is 5.10 Å². The molecule has 1 aromatic heterocycles. The summed E-state index contributed by atoms with van der Waals surface area (Å²) in [4.78, 5) is 0. The molecule has 12 heavy (non-hydrogen) atoms. The second-order valence-electron chi connectivity index (χ2n) is 2.49. The lowest BCUT2D eigenvalue weighted by Crippen LogP contribution is -2.16. The van der Waals surface area contributed by atoms with E-state index in [0.717, 1.165) is 26.3 Å².